The summed E-state index contributed by atoms with van der Waals surface area (Å²) in [6.45, 7) is 6.10. The third kappa shape index (κ3) is 4.52. The van der Waals surface area contributed by atoms with E-state index in [0.29, 0.717) is 36.2 Å². The normalized spacial score (nSPS) is 13.4. The van der Waals surface area contributed by atoms with Gasteiger partial charge in [-0.15, -0.1) is 0 Å². The van der Waals surface area contributed by atoms with Gasteiger partial charge in [0.2, 0.25) is 0 Å². The molecular formula is C22H21ClN4O5. The summed E-state index contributed by atoms with van der Waals surface area (Å²) in [4.78, 5) is 29.5. The standard InChI is InChI=1S/C22H21ClN4O5/c1-12-10-13(2)27(26-12)19-7-5-16(23)20(25-19)22(29)32-14(3)21(28)24-15-4-6-17-18(11-15)31-9-8-30-17/h4-7,10-11,14H,8-9H2,1-3H3,(H,24,28). The van der Waals surface area contributed by atoms with Crippen molar-refractivity contribution in [2.24, 2.45) is 0 Å². The van der Waals surface area contributed by atoms with Gasteiger partial charge in [0.05, 0.1) is 10.7 Å². The Hall–Kier alpha value is -3.59. The van der Waals surface area contributed by atoms with Crippen molar-refractivity contribution in [3.63, 3.8) is 0 Å². The lowest BCUT2D eigenvalue weighted by Crippen LogP contribution is -2.30. The van der Waals surface area contributed by atoms with Crippen LogP contribution in [0.15, 0.2) is 36.4 Å². The Bertz CT molecular complexity index is 1190. The maximum Gasteiger partial charge on any atom is 0.359 e. The molecule has 1 aliphatic rings. The molecule has 0 saturated carbocycles. The van der Waals surface area contributed by atoms with Gasteiger partial charge in [-0.1, -0.05) is 11.6 Å². The third-order valence-corrected chi connectivity index (χ3v) is 5.02. The van der Waals surface area contributed by atoms with E-state index in [1.165, 1.54) is 13.0 Å². The molecule has 10 heteroatoms. The second kappa shape index (κ2) is 8.88. The fourth-order valence-electron chi connectivity index (χ4n) is 3.19. The predicted molar refractivity (Wildman–Crippen MR) is 117 cm³/mol. The molecule has 2 aromatic heterocycles. The molecule has 1 atom stereocenters. The molecule has 0 radical (unpaired) electrons. The summed E-state index contributed by atoms with van der Waals surface area (Å²) in [6, 6.07) is 10.1. The number of hydrogen-bond donors (Lipinski definition) is 1. The van der Waals surface area contributed by atoms with E-state index in [1.807, 2.05) is 19.9 Å². The summed E-state index contributed by atoms with van der Waals surface area (Å²) in [5.74, 6) is 0.233. The first-order valence-corrected chi connectivity index (χ1v) is 10.3. The fourth-order valence-corrected chi connectivity index (χ4v) is 3.37. The SMILES string of the molecule is Cc1cc(C)n(-c2ccc(Cl)c(C(=O)OC(C)C(=O)Nc3ccc4c(c3)OCCO4)n2)n1. The molecule has 0 saturated heterocycles. The number of benzene rings is 1. The molecule has 166 valence electrons. The summed E-state index contributed by atoms with van der Waals surface area (Å²) < 4.78 is 17.9. The minimum Gasteiger partial charge on any atom is -0.486 e. The van der Waals surface area contributed by atoms with Crippen LogP contribution >= 0.6 is 11.6 Å². The molecule has 0 fully saturated rings. The highest BCUT2D eigenvalue weighted by molar-refractivity contribution is 6.33. The van der Waals surface area contributed by atoms with Gasteiger partial charge in [-0.2, -0.15) is 5.10 Å². The highest BCUT2D eigenvalue weighted by atomic mass is 35.5. The van der Waals surface area contributed by atoms with Crippen molar-refractivity contribution in [3.8, 4) is 17.3 Å². The highest BCUT2D eigenvalue weighted by Gasteiger charge is 2.23. The van der Waals surface area contributed by atoms with E-state index >= 15 is 0 Å². The maximum atomic E-state index is 12.7. The molecule has 9 nitrogen and oxygen atoms in total. The summed E-state index contributed by atoms with van der Waals surface area (Å²) >= 11 is 6.16. The van der Waals surface area contributed by atoms with Crippen LogP contribution in [0, 0.1) is 13.8 Å². The Morgan fingerprint density at radius 2 is 1.88 bits per heavy atom. The summed E-state index contributed by atoms with van der Waals surface area (Å²) in [6.07, 6.45) is -1.09. The third-order valence-electron chi connectivity index (χ3n) is 4.71. The van der Waals surface area contributed by atoms with Crippen molar-refractivity contribution in [2.45, 2.75) is 26.9 Å². The predicted octanol–water partition coefficient (Wildman–Crippen LogP) is 3.49. The lowest BCUT2D eigenvalue weighted by Gasteiger charge is -2.19. The number of hydrogen-bond acceptors (Lipinski definition) is 7. The first-order chi connectivity index (χ1) is 15.3. The van der Waals surface area contributed by atoms with Gasteiger partial charge < -0.3 is 19.5 Å². The number of aryl methyl sites for hydroxylation is 2. The summed E-state index contributed by atoms with van der Waals surface area (Å²) in [5, 5.41) is 7.16. The molecule has 0 bridgehead atoms. The number of fused-ring (bicyclic) bond motifs is 1. The molecule has 3 aromatic rings. The average molecular weight is 457 g/mol. The second-order valence-corrected chi connectivity index (χ2v) is 7.64. The number of nitrogens with zero attached hydrogens (tertiary/aromatic N) is 3. The van der Waals surface area contributed by atoms with E-state index < -0.39 is 18.0 Å². The highest BCUT2D eigenvalue weighted by Crippen LogP contribution is 2.32. The Morgan fingerprint density at radius 3 is 2.59 bits per heavy atom. The molecule has 1 aromatic carbocycles. The first kappa shape index (κ1) is 21.6. The number of anilines is 1. The van der Waals surface area contributed by atoms with Gasteiger partial charge in [-0.05, 0) is 51.1 Å². The first-order valence-electron chi connectivity index (χ1n) is 9.93. The Balaban J connectivity index is 1.45. The van der Waals surface area contributed by atoms with Gasteiger partial charge in [0.1, 0.15) is 13.2 Å². The molecule has 4 rings (SSSR count). The molecule has 0 spiro atoms. The zero-order valence-corrected chi connectivity index (χ0v) is 18.5. The van der Waals surface area contributed by atoms with Crippen molar-refractivity contribution in [3.05, 3.63) is 58.5 Å². The Labute approximate surface area is 189 Å². The number of rotatable bonds is 5. The zero-order chi connectivity index (χ0) is 22.8. The van der Waals surface area contributed by atoms with Crippen LogP contribution in [0.3, 0.4) is 0 Å². The van der Waals surface area contributed by atoms with E-state index in [1.54, 1.807) is 28.9 Å². The van der Waals surface area contributed by atoms with E-state index in [0.717, 1.165) is 11.4 Å². The minimum atomic E-state index is -1.09. The molecule has 1 amide bonds. The monoisotopic (exact) mass is 456 g/mol. The molecular weight excluding hydrogens is 436 g/mol. The summed E-state index contributed by atoms with van der Waals surface area (Å²) in [7, 11) is 0. The van der Waals surface area contributed by atoms with E-state index in [-0.39, 0.29) is 10.7 Å². The van der Waals surface area contributed by atoms with E-state index in [2.05, 4.69) is 15.4 Å². The van der Waals surface area contributed by atoms with Crippen LogP contribution in [0.1, 0.15) is 28.8 Å². The van der Waals surface area contributed by atoms with Gasteiger partial charge in [0, 0.05) is 17.4 Å². The van der Waals surface area contributed by atoms with Crippen molar-refractivity contribution in [1.82, 2.24) is 14.8 Å². The second-order valence-electron chi connectivity index (χ2n) is 7.23. The Kier molecular flexibility index (Phi) is 6.00. The van der Waals surface area contributed by atoms with Crippen LogP contribution < -0.4 is 14.8 Å². The largest absolute Gasteiger partial charge is 0.486 e. The van der Waals surface area contributed by atoms with Gasteiger partial charge in [0.25, 0.3) is 5.91 Å². The van der Waals surface area contributed by atoms with Crippen LogP contribution in [0.5, 0.6) is 11.5 Å². The zero-order valence-electron chi connectivity index (χ0n) is 17.7. The molecule has 1 aliphatic heterocycles. The van der Waals surface area contributed by atoms with Crippen LogP contribution in [0.25, 0.3) is 5.82 Å². The number of nitrogens with one attached hydrogen (secondary N) is 1. The van der Waals surface area contributed by atoms with Gasteiger partial charge in [-0.3, -0.25) is 4.79 Å². The summed E-state index contributed by atoms with van der Waals surface area (Å²) in [5.41, 5.74) is 2.05. The van der Waals surface area contributed by atoms with Gasteiger partial charge in [0.15, 0.2) is 29.1 Å². The molecule has 1 N–H and O–H groups in total. The quantitative estimate of drug-likeness (QED) is 0.586. The Morgan fingerprint density at radius 1 is 1.12 bits per heavy atom. The molecule has 1 unspecified atom stereocenters. The topological polar surface area (TPSA) is 105 Å². The van der Waals surface area contributed by atoms with Gasteiger partial charge >= 0.3 is 5.97 Å². The number of amides is 1. The molecule has 3 heterocycles. The number of ether oxygens (including phenoxy) is 3. The van der Waals surface area contributed by atoms with Crippen LogP contribution in [0.4, 0.5) is 5.69 Å². The van der Waals surface area contributed by atoms with Gasteiger partial charge in [-0.25, -0.2) is 14.5 Å². The van der Waals surface area contributed by atoms with Crippen LogP contribution in [-0.4, -0.2) is 46.0 Å². The molecule has 0 aliphatic carbocycles. The van der Waals surface area contributed by atoms with Crippen molar-refractivity contribution < 1.29 is 23.8 Å². The number of carbonyl (C=O) groups excluding carboxylic acids is 2. The van der Waals surface area contributed by atoms with Crippen molar-refractivity contribution in [2.75, 3.05) is 18.5 Å². The minimum absolute atomic E-state index is 0.101. The number of pyridine rings is 1. The number of aromatic nitrogens is 3. The van der Waals surface area contributed by atoms with Crippen molar-refractivity contribution >= 4 is 29.2 Å². The van der Waals surface area contributed by atoms with E-state index in [9.17, 15) is 9.59 Å². The van der Waals surface area contributed by atoms with Crippen molar-refractivity contribution in [1.29, 1.82) is 0 Å². The molecule has 32 heavy (non-hydrogen) atoms. The average Bonchev–Trinajstić information content (AvgIpc) is 3.11. The smallest absolute Gasteiger partial charge is 0.359 e. The fraction of sp³-hybridized carbons (Fsp3) is 0.273. The number of esters is 1. The van der Waals surface area contributed by atoms with E-state index in [4.69, 9.17) is 25.8 Å². The lowest BCUT2D eigenvalue weighted by atomic mass is 10.2. The van der Waals surface area contributed by atoms with Crippen LogP contribution in [-0.2, 0) is 9.53 Å². The lowest BCUT2D eigenvalue weighted by molar-refractivity contribution is -0.123. The van der Waals surface area contributed by atoms with Crippen LogP contribution in [0.2, 0.25) is 5.02 Å². The number of carbonyl (C=O) groups is 2. The number of halogens is 1. The maximum absolute atomic E-state index is 12.7.